The van der Waals surface area contributed by atoms with Gasteiger partial charge < -0.3 is 10.2 Å². The number of fused-ring (bicyclic) bond motifs is 1. The monoisotopic (exact) mass is 358 g/mol. The average molecular weight is 359 g/mol. The summed E-state index contributed by atoms with van der Waals surface area (Å²) >= 11 is 1.80. The van der Waals surface area contributed by atoms with Crippen molar-refractivity contribution in [1.82, 2.24) is 15.2 Å². The molecule has 2 heterocycles. The molecule has 1 aliphatic heterocycles. The summed E-state index contributed by atoms with van der Waals surface area (Å²) in [7, 11) is 0. The first-order valence-corrected chi connectivity index (χ1v) is 10.1. The lowest BCUT2D eigenvalue weighted by Crippen LogP contribution is -2.48. The third-order valence-corrected chi connectivity index (χ3v) is 6.47. The highest BCUT2D eigenvalue weighted by atomic mass is 32.1. The Balaban J connectivity index is 1.31. The summed E-state index contributed by atoms with van der Waals surface area (Å²) in [5.74, 6) is 0.557. The summed E-state index contributed by atoms with van der Waals surface area (Å²) in [5, 5.41) is 4.20. The largest absolute Gasteiger partial charge is 0.355 e. The van der Waals surface area contributed by atoms with Crippen LogP contribution in [0.3, 0.4) is 0 Å². The van der Waals surface area contributed by atoms with Crippen molar-refractivity contribution in [2.45, 2.75) is 26.7 Å². The molecular formula is C19H26N4OS. The smallest absolute Gasteiger partial charge is 0.223 e. The van der Waals surface area contributed by atoms with Crippen molar-refractivity contribution in [3.8, 4) is 0 Å². The van der Waals surface area contributed by atoms with Gasteiger partial charge in [-0.05, 0) is 43.9 Å². The molecule has 1 aromatic heterocycles. The van der Waals surface area contributed by atoms with Gasteiger partial charge in [0.2, 0.25) is 5.91 Å². The van der Waals surface area contributed by atoms with Gasteiger partial charge in [-0.25, -0.2) is 4.98 Å². The van der Waals surface area contributed by atoms with Crippen LogP contribution in [0.25, 0.3) is 10.2 Å². The number of nitrogens with zero attached hydrogens (tertiary/aromatic N) is 3. The number of benzene rings is 1. The fourth-order valence-corrected chi connectivity index (χ4v) is 4.42. The number of rotatable bonds is 5. The number of carbonyl (C=O) groups is 1. The topological polar surface area (TPSA) is 48.5 Å². The minimum absolute atomic E-state index is 0.249. The van der Waals surface area contributed by atoms with Crippen LogP contribution in [0.4, 0.5) is 5.13 Å². The number of aryl methyl sites for hydroxylation is 2. The number of thiazole rings is 1. The van der Waals surface area contributed by atoms with Crippen molar-refractivity contribution in [1.29, 1.82) is 0 Å². The third-order valence-electron chi connectivity index (χ3n) is 5.39. The predicted octanol–water partition coefficient (Wildman–Crippen LogP) is 2.56. The maximum atomic E-state index is 11.7. The van der Waals surface area contributed by atoms with Gasteiger partial charge in [-0.2, -0.15) is 0 Å². The van der Waals surface area contributed by atoms with Crippen LogP contribution in [-0.4, -0.2) is 55.1 Å². The number of nitrogens with one attached hydrogen (secondary N) is 1. The van der Waals surface area contributed by atoms with Crippen molar-refractivity contribution in [2.24, 2.45) is 5.92 Å². The molecular weight excluding hydrogens is 332 g/mol. The van der Waals surface area contributed by atoms with E-state index in [0.29, 0.717) is 5.92 Å². The van der Waals surface area contributed by atoms with Crippen LogP contribution >= 0.6 is 11.3 Å². The lowest BCUT2D eigenvalue weighted by atomic mass is 10.1. The van der Waals surface area contributed by atoms with Gasteiger partial charge in [0, 0.05) is 45.2 Å². The molecule has 1 amide bonds. The van der Waals surface area contributed by atoms with Gasteiger partial charge in [0.1, 0.15) is 0 Å². The Morgan fingerprint density at radius 1 is 1.24 bits per heavy atom. The molecule has 5 nitrogen and oxygen atoms in total. The van der Waals surface area contributed by atoms with E-state index in [0.717, 1.165) is 62.8 Å². The minimum Gasteiger partial charge on any atom is -0.355 e. The summed E-state index contributed by atoms with van der Waals surface area (Å²) in [5.41, 5.74) is 3.76. The summed E-state index contributed by atoms with van der Waals surface area (Å²) < 4.78 is 1.28. The fraction of sp³-hybridized carbons (Fsp3) is 0.579. The molecule has 1 aromatic carbocycles. The average Bonchev–Trinajstić information content (AvgIpc) is 3.38. The number of amides is 1. The second-order valence-corrected chi connectivity index (χ2v) is 8.25. The molecule has 1 aliphatic carbocycles. The maximum absolute atomic E-state index is 11.7. The second-order valence-electron chi connectivity index (χ2n) is 7.24. The Hall–Kier alpha value is -1.66. The van der Waals surface area contributed by atoms with E-state index in [-0.39, 0.29) is 5.91 Å². The minimum atomic E-state index is 0.249. The van der Waals surface area contributed by atoms with Crippen LogP contribution in [0.5, 0.6) is 0 Å². The van der Waals surface area contributed by atoms with Gasteiger partial charge >= 0.3 is 0 Å². The summed E-state index contributed by atoms with van der Waals surface area (Å²) in [4.78, 5) is 21.4. The van der Waals surface area contributed by atoms with Crippen molar-refractivity contribution < 1.29 is 4.79 Å². The second kappa shape index (κ2) is 6.92. The molecule has 0 atom stereocenters. The Kier molecular flexibility index (Phi) is 4.65. The van der Waals surface area contributed by atoms with E-state index < -0.39 is 0 Å². The Labute approximate surface area is 153 Å². The zero-order valence-electron chi connectivity index (χ0n) is 15.0. The molecule has 0 radical (unpaired) electrons. The standard InChI is InChI=1S/C19H26N4OS/c1-13-3-6-16-17(14(13)2)21-19(25-16)23-11-9-22(10-12-23)8-7-20-18(24)15-4-5-15/h3,6,15H,4-5,7-12H2,1-2H3,(H,20,24). The maximum Gasteiger partial charge on any atom is 0.223 e. The number of hydrogen-bond donors (Lipinski definition) is 1. The van der Waals surface area contributed by atoms with E-state index in [2.05, 4.69) is 41.1 Å². The fourth-order valence-electron chi connectivity index (χ4n) is 3.34. The molecule has 1 saturated carbocycles. The van der Waals surface area contributed by atoms with Crippen LogP contribution in [0.1, 0.15) is 24.0 Å². The van der Waals surface area contributed by atoms with Gasteiger partial charge in [-0.15, -0.1) is 0 Å². The van der Waals surface area contributed by atoms with E-state index in [4.69, 9.17) is 4.98 Å². The van der Waals surface area contributed by atoms with Gasteiger partial charge in [0.05, 0.1) is 10.2 Å². The Bertz CT molecular complexity index is 775. The highest BCUT2D eigenvalue weighted by molar-refractivity contribution is 7.22. The number of aromatic nitrogens is 1. The molecule has 0 spiro atoms. The molecule has 6 heteroatoms. The van der Waals surface area contributed by atoms with Gasteiger partial charge in [0.25, 0.3) is 0 Å². The zero-order valence-corrected chi connectivity index (χ0v) is 15.9. The molecule has 0 bridgehead atoms. The van der Waals surface area contributed by atoms with Crippen LogP contribution in [0, 0.1) is 19.8 Å². The Morgan fingerprint density at radius 2 is 2.00 bits per heavy atom. The first kappa shape index (κ1) is 16.8. The summed E-state index contributed by atoms with van der Waals surface area (Å²) in [6.07, 6.45) is 2.15. The summed E-state index contributed by atoms with van der Waals surface area (Å²) in [6.45, 7) is 10.1. The van der Waals surface area contributed by atoms with Gasteiger partial charge in [-0.1, -0.05) is 17.4 Å². The van der Waals surface area contributed by atoms with E-state index in [9.17, 15) is 4.79 Å². The molecule has 2 fully saturated rings. The van der Waals surface area contributed by atoms with E-state index in [1.165, 1.54) is 15.8 Å². The molecule has 4 rings (SSSR count). The van der Waals surface area contributed by atoms with E-state index in [1.807, 2.05) is 0 Å². The molecule has 2 aromatic rings. The van der Waals surface area contributed by atoms with Crippen LogP contribution in [0.2, 0.25) is 0 Å². The molecule has 1 saturated heterocycles. The molecule has 134 valence electrons. The normalized spacial score (nSPS) is 18.7. The zero-order chi connectivity index (χ0) is 17.4. The number of piperazine rings is 1. The van der Waals surface area contributed by atoms with Crippen LogP contribution in [-0.2, 0) is 4.79 Å². The van der Waals surface area contributed by atoms with Crippen molar-refractivity contribution in [2.75, 3.05) is 44.2 Å². The first-order chi connectivity index (χ1) is 12.1. The van der Waals surface area contributed by atoms with Gasteiger partial charge in [-0.3, -0.25) is 9.69 Å². The molecule has 0 unspecified atom stereocenters. The molecule has 25 heavy (non-hydrogen) atoms. The van der Waals surface area contributed by atoms with Gasteiger partial charge in [0.15, 0.2) is 5.13 Å². The molecule has 1 N–H and O–H groups in total. The first-order valence-electron chi connectivity index (χ1n) is 9.23. The van der Waals surface area contributed by atoms with E-state index in [1.54, 1.807) is 11.3 Å². The van der Waals surface area contributed by atoms with Crippen molar-refractivity contribution >= 4 is 32.6 Å². The molecule has 2 aliphatic rings. The third kappa shape index (κ3) is 3.65. The lowest BCUT2D eigenvalue weighted by Gasteiger charge is -2.34. The SMILES string of the molecule is Cc1ccc2sc(N3CCN(CCNC(=O)C4CC4)CC3)nc2c1C. The quantitative estimate of drug-likeness (QED) is 0.892. The highest BCUT2D eigenvalue weighted by Crippen LogP contribution is 2.32. The number of hydrogen-bond acceptors (Lipinski definition) is 5. The number of carbonyl (C=O) groups excluding carboxylic acids is 1. The van der Waals surface area contributed by atoms with Crippen LogP contribution < -0.4 is 10.2 Å². The summed E-state index contributed by atoms with van der Waals surface area (Å²) in [6, 6.07) is 4.38. The predicted molar refractivity (Wildman–Crippen MR) is 103 cm³/mol. The number of anilines is 1. The lowest BCUT2D eigenvalue weighted by molar-refractivity contribution is -0.122. The van der Waals surface area contributed by atoms with Crippen LogP contribution in [0.15, 0.2) is 12.1 Å². The Morgan fingerprint density at radius 3 is 2.72 bits per heavy atom. The van der Waals surface area contributed by atoms with Crippen molar-refractivity contribution in [3.63, 3.8) is 0 Å². The van der Waals surface area contributed by atoms with Crippen molar-refractivity contribution in [3.05, 3.63) is 23.3 Å². The van der Waals surface area contributed by atoms with E-state index >= 15 is 0 Å². The highest BCUT2D eigenvalue weighted by Gasteiger charge is 2.29.